The highest BCUT2D eigenvalue weighted by Gasteiger charge is 2.36. The van der Waals surface area contributed by atoms with Crippen molar-refractivity contribution in [1.82, 2.24) is 14.5 Å². The predicted octanol–water partition coefficient (Wildman–Crippen LogP) is 0.343. The Kier molecular flexibility index (Phi) is 4.87. The Morgan fingerprint density at radius 2 is 1.68 bits per heavy atom. The van der Waals surface area contributed by atoms with Crippen LogP contribution in [0.1, 0.15) is 25.7 Å². The number of hydrogen-bond donors (Lipinski definition) is 1. The Morgan fingerprint density at radius 3 is 2.16 bits per heavy atom. The maximum absolute atomic E-state index is 11.5. The molecule has 19 heavy (non-hydrogen) atoms. The van der Waals surface area contributed by atoms with E-state index in [1.165, 1.54) is 31.9 Å². The van der Waals surface area contributed by atoms with Crippen LogP contribution >= 0.6 is 0 Å². The van der Waals surface area contributed by atoms with E-state index in [1.807, 2.05) is 7.05 Å². The van der Waals surface area contributed by atoms with Crippen molar-refractivity contribution in [3.8, 4) is 0 Å². The van der Waals surface area contributed by atoms with E-state index in [4.69, 9.17) is 0 Å². The molecule has 0 atom stereocenters. The van der Waals surface area contributed by atoms with Gasteiger partial charge in [-0.1, -0.05) is 12.8 Å². The van der Waals surface area contributed by atoms with E-state index in [0.29, 0.717) is 18.5 Å². The first-order chi connectivity index (χ1) is 8.95. The molecule has 1 saturated carbocycles. The first-order valence-electron chi connectivity index (χ1n) is 7.27. The van der Waals surface area contributed by atoms with Gasteiger partial charge >= 0.3 is 0 Å². The summed E-state index contributed by atoms with van der Waals surface area (Å²) in [5, 5.41) is 3.34. The third kappa shape index (κ3) is 3.90. The first kappa shape index (κ1) is 15.2. The molecule has 0 aromatic carbocycles. The van der Waals surface area contributed by atoms with Crippen LogP contribution in [-0.4, -0.2) is 70.2 Å². The van der Waals surface area contributed by atoms with E-state index >= 15 is 0 Å². The number of nitrogens with one attached hydrogen (secondary N) is 1. The molecule has 0 unspecified atom stereocenters. The lowest BCUT2D eigenvalue weighted by Crippen LogP contribution is -2.52. The summed E-state index contributed by atoms with van der Waals surface area (Å²) in [6, 6.07) is 0. The molecule has 2 fully saturated rings. The van der Waals surface area contributed by atoms with Gasteiger partial charge in [0.1, 0.15) is 0 Å². The second-order valence-corrected chi connectivity index (χ2v) is 8.16. The lowest BCUT2D eigenvalue weighted by molar-refractivity contribution is 0.115. The first-order valence-corrected chi connectivity index (χ1v) is 9.12. The van der Waals surface area contributed by atoms with E-state index < -0.39 is 10.0 Å². The standard InChI is InChI=1S/C13H27N3O2S/c1-14-11-13(5-3-4-6-13)12-15-7-9-16(10-8-15)19(2,17)18/h14H,3-12H2,1-2H3. The van der Waals surface area contributed by atoms with Crippen LogP contribution in [0, 0.1) is 5.41 Å². The Hall–Kier alpha value is -0.170. The van der Waals surface area contributed by atoms with Gasteiger partial charge in [0, 0.05) is 39.3 Å². The van der Waals surface area contributed by atoms with E-state index in [2.05, 4.69) is 10.2 Å². The summed E-state index contributed by atoms with van der Waals surface area (Å²) in [4.78, 5) is 2.45. The van der Waals surface area contributed by atoms with Crippen LogP contribution in [0.4, 0.5) is 0 Å². The van der Waals surface area contributed by atoms with Crippen LogP contribution in [-0.2, 0) is 10.0 Å². The van der Waals surface area contributed by atoms with Gasteiger partial charge in [-0.3, -0.25) is 0 Å². The van der Waals surface area contributed by atoms with Gasteiger partial charge in [-0.05, 0) is 25.3 Å². The fourth-order valence-corrected chi connectivity index (χ4v) is 4.41. The van der Waals surface area contributed by atoms with Crippen LogP contribution in [0.2, 0.25) is 0 Å². The minimum Gasteiger partial charge on any atom is -0.319 e. The molecule has 0 radical (unpaired) electrons. The Bertz CT molecular complexity index is 383. The van der Waals surface area contributed by atoms with Crippen LogP contribution in [0.3, 0.4) is 0 Å². The summed E-state index contributed by atoms with van der Waals surface area (Å²) >= 11 is 0. The van der Waals surface area contributed by atoms with Crippen molar-refractivity contribution in [2.45, 2.75) is 25.7 Å². The van der Waals surface area contributed by atoms with Gasteiger partial charge in [-0.15, -0.1) is 0 Å². The van der Waals surface area contributed by atoms with Gasteiger partial charge in [0.2, 0.25) is 10.0 Å². The van der Waals surface area contributed by atoms with Gasteiger partial charge in [-0.25, -0.2) is 8.42 Å². The zero-order valence-corrected chi connectivity index (χ0v) is 13.0. The van der Waals surface area contributed by atoms with Crippen molar-refractivity contribution >= 4 is 10.0 Å². The van der Waals surface area contributed by atoms with E-state index in [-0.39, 0.29) is 0 Å². The second-order valence-electron chi connectivity index (χ2n) is 6.18. The Morgan fingerprint density at radius 1 is 1.11 bits per heavy atom. The molecule has 0 amide bonds. The molecular formula is C13H27N3O2S. The van der Waals surface area contributed by atoms with E-state index in [1.54, 1.807) is 4.31 Å². The molecule has 1 saturated heterocycles. The van der Waals surface area contributed by atoms with Crippen molar-refractivity contribution in [1.29, 1.82) is 0 Å². The molecule has 0 spiro atoms. The van der Waals surface area contributed by atoms with Gasteiger partial charge in [-0.2, -0.15) is 4.31 Å². The van der Waals surface area contributed by atoms with Crippen molar-refractivity contribution in [2.75, 3.05) is 52.6 Å². The molecule has 1 heterocycles. The van der Waals surface area contributed by atoms with E-state index in [9.17, 15) is 8.42 Å². The van der Waals surface area contributed by atoms with Crippen LogP contribution in [0.5, 0.6) is 0 Å². The molecule has 1 aliphatic carbocycles. The molecule has 0 bridgehead atoms. The summed E-state index contributed by atoms with van der Waals surface area (Å²) in [6.07, 6.45) is 6.60. The molecule has 2 rings (SSSR count). The van der Waals surface area contributed by atoms with Gasteiger partial charge < -0.3 is 10.2 Å². The SMILES string of the molecule is CNCC1(CN2CCN(S(C)(=O)=O)CC2)CCCC1. The molecule has 2 aliphatic rings. The van der Waals surface area contributed by atoms with Crippen molar-refractivity contribution in [2.24, 2.45) is 5.41 Å². The zero-order valence-electron chi connectivity index (χ0n) is 12.2. The molecule has 5 nitrogen and oxygen atoms in total. The Labute approximate surface area is 117 Å². The van der Waals surface area contributed by atoms with Gasteiger partial charge in [0.25, 0.3) is 0 Å². The quantitative estimate of drug-likeness (QED) is 0.793. The summed E-state index contributed by atoms with van der Waals surface area (Å²) in [6.45, 7) is 5.24. The topological polar surface area (TPSA) is 52.6 Å². The highest BCUT2D eigenvalue weighted by atomic mass is 32.2. The van der Waals surface area contributed by atoms with Crippen LogP contribution < -0.4 is 5.32 Å². The van der Waals surface area contributed by atoms with Gasteiger partial charge in [0.05, 0.1) is 6.26 Å². The lowest BCUT2D eigenvalue weighted by atomic mass is 9.85. The number of nitrogens with zero attached hydrogens (tertiary/aromatic N) is 2. The molecule has 1 aliphatic heterocycles. The summed E-state index contributed by atoms with van der Waals surface area (Å²) < 4.78 is 24.6. The fourth-order valence-electron chi connectivity index (χ4n) is 3.58. The number of sulfonamides is 1. The highest BCUT2D eigenvalue weighted by molar-refractivity contribution is 7.88. The predicted molar refractivity (Wildman–Crippen MR) is 77.7 cm³/mol. The van der Waals surface area contributed by atoms with Crippen molar-refractivity contribution in [3.05, 3.63) is 0 Å². The normalized spacial score (nSPS) is 25.8. The summed E-state index contributed by atoms with van der Waals surface area (Å²) in [5.74, 6) is 0. The fraction of sp³-hybridized carbons (Fsp3) is 1.00. The summed E-state index contributed by atoms with van der Waals surface area (Å²) in [7, 11) is -0.978. The zero-order chi connectivity index (χ0) is 13.9. The average molecular weight is 289 g/mol. The van der Waals surface area contributed by atoms with Crippen molar-refractivity contribution in [3.63, 3.8) is 0 Å². The maximum Gasteiger partial charge on any atom is 0.211 e. The second kappa shape index (κ2) is 6.08. The van der Waals surface area contributed by atoms with Crippen LogP contribution in [0.15, 0.2) is 0 Å². The molecule has 1 N–H and O–H groups in total. The van der Waals surface area contributed by atoms with E-state index in [0.717, 1.165) is 26.2 Å². The molecule has 0 aromatic heterocycles. The third-order valence-corrected chi connectivity index (χ3v) is 5.88. The number of hydrogen-bond acceptors (Lipinski definition) is 4. The number of rotatable bonds is 5. The van der Waals surface area contributed by atoms with Crippen LogP contribution in [0.25, 0.3) is 0 Å². The monoisotopic (exact) mass is 289 g/mol. The maximum atomic E-state index is 11.5. The average Bonchev–Trinajstić information content (AvgIpc) is 2.77. The Balaban J connectivity index is 1.88. The molecule has 0 aromatic rings. The van der Waals surface area contributed by atoms with Gasteiger partial charge in [0.15, 0.2) is 0 Å². The smallest absolute Gasteiger partial charge is 0.211 e. The minimum absolute atomic E-state index is 0.419. The number of piperazine rings is 1. The lowest BCUT2D eigenvalue weighted by Gasteiger charge is -2.39. The highest BCUT2D eigenvalue weighted by Crippen LogP contribution is 2.38. The molecule has 6 heteroatoms. The minimum atomic E-state index is -3.01. The molecule has 112 valence electrons. The molecular weight excluding hydrogens is 262 g/mol. The van der Waals surface area contributed by atoms with Crippen molar-refractivity contribution < 1.29 is 8.42 Å². The third-order valence-electron chi connectivity index (χ3n) is 4.58. The largest absolute Gasteiger partial charge is 0.319 e. The summed E-state index contributed by atoms with van der Waals surface area (Å²) in [5.41, 5.74) is 0.419.